The van der Waals surface area contributed by atoms with Gasteiger partial charge in [0.05, 0.1) is 0 Å². The lowest BCUT2D eigenvalue weighted by Gasteiger charge is -2.25. The molecule has 0 fully saturated rings. The van der Waals surface area contributed by atoms with Crippen LogP contribution in [0.3, 0.4) is 0 Å². The Morgan fingerprint density at radius 1 is 1.26 bits per heavy atom. The smallest absolute Gasteiger partial charge is 0.138 e. The Kier molecular flexibility index (Phi) is 3.71. The van der Waals surface area contributed by atoms with Crippen molar-refractivity contribution in [1.82, 2.24) is 14.8 Å². The van der Waals surface area contributed by atoms with E-state index in [0.717, 1.165) is 11.4 Å². The highest BCUT2D eigenvalue weighted by atomic mass is 15.3. The van der Waals surface area contributed by atoms with Crippen LogP contribution in [0.2, 0.25) is 0 Å². The molecule has 0 bridgehead atoms. The lowest BCUT2D eigenvalue weighted by molar-refractivity contribution is 0.433. The molecule has 1 aromatic carbocycles. The quantitative estimate of drug-likeness (QED) is 0.917. The molecule has 0 spiro atoms. The van der Waals surface area contributed by atoms with Gasteiger partial charge in [0.2, 0.25) is 0 Å². The fraction of sp³-hybridized carbons (Fsp3) is 0.467. The number of rotatable bonds is 4. The second-order valence-electron chi connectivity index (χ2n) is 5.67. The molecule has 2 N–H and O–H groups in total. The van der Waals surface area contributed by atoms with Gasteiger partial charge in [-0.1, -0.05) is 29.8 Å². The number of aromatic nitrogens is 3. The highest BCUT2D eigenvalue weighted by molar-refractivity contribution is 5.28. The summed E-state index contributed by atoms with van der Waals surface area (Å²) in [6, 6.07) is 8.66. The van der Waals surface area contributed by atoms with E-state index in [1.165, 1.54) is 5.56 Å². The van der Waals surface area contributed by atoms with Crippen molar-refractivity contribution in [1.29, 1.82) is 0 Å². The fourth-order valence-corrected chi connectivity index (χ4v) is 2.20. The second-order valence-corrected chi connectivity index (χ2v) is 5.67. The summed E-state index contributed by atoms with van der Waals surface area (Å²) in [6.45, 7) is 8.31. The van der Waals surface area contributed by atoms with Crippen molar-refractivity contribution in [3.63, 3.8) is 0 Å². The highest BCUT2D eigenvalue weighted by Crippen LogP contribution is 2.23. The van der Waals surface area contributed by atoms with Gasteiger partial charge in [0, 0.05) is 18.0 Å². The van der Waals surface area contributed by atoms with Gasteiger partial charge in [-0.3, -0.25) is 0 Å². The lowest BCUT2D eigenvalue weighted by Crippen LogP contribution is -2.36. The zero-order chi connectivity index (χ0) is 14.0. The largest absolute Gasteiger partial charge is 0.321 e. The Balaban J connectivity index is 2.25. The third-order valence-corrected chi connectivity index (χ3v) is 3.37. The third-order valence-electron chi connectivity index (χ3n) is 3.37. The molecule has 19 heavy (non-hydrogen) atoms. The van der Waals surface area contributed by atoms with Crippen LogP contribution in [0.15, 0.2) is 30.6 Å². The van der Waals surface area contributed by atoms with Gasteiger partial charge >= 0.3 is 0 Å². The number of hydrogen-bond donors (Lipinski definition) is 1. The van der Waals surface area contributed by atoms with E-state index in [2.05, 4.69) is 55.1 Å². The maximum Gasteiger partial charge on any atom is 0.138 e. The van der Waals surface area contributed by atoms with Gasteiger partial charge in [-0.05, 0) is 33.3 Å². The molecule has 0 saturated heterocycles. The Bertz CT molecular complexity index is 538. The molecule has 2 rings (SSSR count). The van der Waals surface area contributed by atoms with Gasteiger partial charge in [0.1, 0.15) is 12.2 Å². The number of nitrogens with zero attached hydrogens (tertiary/aromatic N) is 3. The molecule has 4 nitrogen and oxygen atoms in total. The molecular weight excluding hydrogens is 236 g/mol. The highest BCUT2D eigenvalue weighted by Gasteiger charge is 2.24. The third kappa shape index (κ3) is 3.01. The molecule has 102 valence electrons. The predicted molar refractivity (Wildman–Crippen MR) is 76.8 cm³/mol. The van der Waals surface area contributed by atoms with Crippen LogP contribution in [0.4, 0.5) is 0 Å². The van der Waals surface area contributed by atoms with Crippen LogP contribution in [0.1, 0.15) is 43.8 Å². The van der Waals surface area contributed by atoms with Crippen LogP contribution in [-0.2, 0) is 12.0 Å². The minimum Gasteiger partial charge on any atom is -0.321 e. The summed E-state index contributed by atoms with van der Waals surface area (Å²) in [6.07, 6.45) is 2.27. The van der Waals surface area contributed by atoms with Gasteiger partial charge in [0.25, 0.3) is 0 Å². The number of hydrogen-bond acceptors (Lipinski definition) is 3. The molecule has 2 aromatic rings. The first-order valence-corrected chi connectivity index (χ1v) is 6.64. The van der Waals surface area contributed by atoms with Crippen molar-refractivity contribution in [2.24, 2.45) is 5.73 Å². The van der Waals surface area contributed by atoms with Crippen LogP contribution in [0.5, 0.6) is 0 Å². The summed E-state index contributed by atoms with van der Waals surface area (Å²) in [5, 5.41) is 4.26. The van der Waals surface area contributed by atoms with E-state index in [1.54, 1.807) is 6.33 Å². The van der Waals surface area contributed by atoms with Crippen molar-refractivity contribution >= 4 is 0 Å². The van der Waals surface area contributed by atoms with E-state index in [9.17, 15) is 0 Å². The molecule has 0 amide bonds. The van der Waals surface area contributed by atoms with Crippen molar-refractivity contribution in [2.45, 2.75) is 45.7 Å². The first-order valence-electron chi connectivity index (χ1n) is 6.64. The lowest BCUT2D eigenvalue weighted by atomic mass is 9.89. The summed E-state index contributed by atoms with van der Waals surface area (Å²) < 4.78 is 1.93. The summed E-state index contributed by atoms with van der Waals surface area (Å²) in [5.41, 5.74) is 8.39. The molecule has 0 aliphatic carbocycles. The monoisotopic (exact) mass is 258 g/mol. The number of benzene rings is 1. The number of aryl methyl sites for hydroxylation is 1. The maximum absolute atomic E-state index is 6.47. The Labute approximate surface area is 114 Å². The van der Waals surface area contributed by atoms with E-state index < -0.39 is 5.54 Å². The van der Waals surface area contributed by atoms with Crippen molar-refractivity contribution < 1.29 is 0 Å². The van der Waals surface area contributed by atoms with Crippen molar-refractivity contribution in [3.05, 3.63) is 47.5 Å². The average molecular weight is 258 g/mol. The molecule has 1 unspecified atom stereocenters. The van der Waals surface area contributed by atoms with Crippen LogP contribution >= 0.6 is 0 Å². The molecule has 0 aliphatic rings. The van der Waals surface area contributed by atoms with Crippen LogP contribution in [0, 0.1) is 6.92 Å². The molecule has 1 heterocycles. The SMILES string of the molecule is Cc1ccc(C(C)(N)Cc2ncnn2C(C)C)cc1. The molecule has 0 aliphatic heterocycles. The summed E-state index contributed by atoms with van der Waals surface area (Å²) >= 11 is 0. The maximum atomic E-state index is 6.47. The molecular formula is C15H22N4. The van der Waals surface area contributed by atoms with E-state index in [0.29, 0.717) is 12.5 Å². The van der Waals surface area contributed by atoms with E-state index in [1.807, 2.05) is 11.6 Å². The first kappa shape index (κ1) is 13.7. The fourth-order valence-electron chi connectivity index (χ4n) is 2.20. The van der Waals surface area contributed by atoms with Crippen LogP contribution in [-0.4, -0.2) is 14.8 Å². The first-order chi connectivity index (χ1) is 8.90. The van der Waals surface area contributed by atoms with E-state index >= 15 is 0 Å². The van der Waals surface area contributed by atoms with Crippen molar-refractivity contribution in [2.75, 3.05) is 0 Å². The standard InChI is InChI=1S/C15H22N4/c1-11(2)19-14(17-10-18-19)9-15(4,16)13-7-5-12(3)6-8-13/h5-8,10-11H,9,16H2,1-4H3. The molecule has 1 aromatic heterocycles. The Morgan fingerprint density at radius 3 is 2.47 bits per heavy atom. The molecule has 4 heteroatoms. The minimum absolute atomic E-state index is 0.298. The van der Waals surface area contributed by atoms with Gasteiger partial charge < -0.3 is 5.73 Å². The predicted octanol–water partition coefficient (Wildman–Crippen LogP) is 2.58. The van der Waals surface area contributed by atoms with E-state index in [4.69, 9.17) is 5.73 Å². The normalized spacial score (nSPS) is 14.6. The Hall–Kier alpha value is -1.68. The summed E-state index contributed by atoms with van der Waals surface area (Å²) in [4.78, 5) is 4.34. The molecule has 1 atom stereocenters. The van der Waals surface area contributed by atoms with Gasteiger partial charge in [-0.2, -0.15) is 5.10 Å². The molecule has 0 saturated carbocycles. The van der Waals surface area contributed by atoms with Gasteiger partial charge in [-0.15, -0.1) is 0 Å². The summed E-state index contributed by atoms with van der Waals surface area (Å²) in [7, 11) is 0. The topological polar surface area (TPSA) is 56.7 Å². The minimum atomic E-state index is -0.437. The average Bonchev–Trinajstić information content (AvgIpc) is 2.77. The zero-order valence-corrected chi connectivity index (χ0v) is 12.1. The second kappa shape index (κ2) is 5.13. The zero-order valence-electron chi connectivity index (χ0n) is 12.1. The van der Waals surface area contributed by atoms with Crippen LogP contribution in [0.25, 0.3) is 0 Å². The van der Waals surface area contributed by atoms with Gasteiger partial charge in [-0.25, -0.2) is 9.67 Å². The summed E-state index contributed by atoms with van der Waals surface area (Å²) in [5.74, 6) is 0.931. The van der Waals surface area contributed by atoms with Crippen LogP contribution < -0.4 is 5.73 Å². The molecule has 0 radical (unpaired) electrons. The Morgan fingerprint density at radius 2 is 1.89 bits per heavy atom. The van der Waals surface area contributed by atoms with Gasteiger partial charge in [0.15, 0.2) is 0 Å². The number of nitrogens with two attached hydrogens (primary N) is 1. The van der Waals surface area contributed by atoms with E-state index in [-0.39, 0.29) is 0 Å². The van der Waals surface area contributed by atoms with Crippen molar-refractivity contribution in [3.8, 4) is 0 Å².